The summed E-state index contributed by atoms with van der Waals surface area (Å²) < 4.78 is 27.0. The summed E-state index contributed by atoms with van der Waals surface area (Å²) in [6.45, 7) is 0. The van der Waals surface area contributed by atoms with Gasteiger partial charge in [0.15, 0.2) is 0 Å². The Hall–Kier alpha value is -1.32. The molecule has 0 radical (unpaired) electrons. The molecule has 1 nitrogen and oxygen atoms in total. The molecule has 0 spiro atoms. The average Bonchev–Trinajstić information content (AvgIpc) is 2.76. The highest BCUT2D eigenvalue weighted by Crippen LogP contribution is 2.40. The van der Waals surface area contributed by atoms with Crippen molar-refractivity contribution in [3.63, 3.8) is 0 Å². The molecule has 5 heteroatoms. The molecule has 2 aromatic rings. The molecular formula is C14H9Cl2F2N. The highest BCUT2D eigenvalue weighted by molar-refractivity contribution is 6.35. The second-order valence-corrected chi connectivity index (χ2v) is 5.32. The fourth-order valence-corrected chi connectivity index (χ4v) is 2.92. The number of halogens is 4. The van der Waals surface area contributed by atoms with Crippen LogP contribution < -0.4 is 5.32 Å². The molecule has 0 saturated carbocycles. The van der Waals surface area contributed by atoms with Crippen LogP contribution in [0.15, 0.2) is 30.3 Å². The standard InChI is InChI=1S/C14H9Cl2F2N/c15-7-3-11(16)9-6-14(19-13(9)4-7)10-5-8(17)1-2-12(10)18/h1-5,14,19H,6H2. The van der Waals surface area contributed by atoms with Gasteiger partial charge < -0.3 is 5.32 Å². The number of fused-ring (bicyclic) bond motifs is 1. The monoisotopic (exact) mass is 299 g/mol. The molecule has 1 aliphatic rings. The highest BCUT2D eigenvalue weighted by Gasteiger charge is 2.26. The Bertz CT molecular complexity index is 658. The van der Waals surface area contributed by atoms with Crippen molar-refractivity contribution in [1.82, 2.24) is 0 Å². The van der Waals surface area contributed by atoms with E-state index in [0.29, 0.717) is 22.0 Å². The van der Waals surface area contributed by atoms with Crippen molar-refractivity contribution in [3.05, 3.63) is 63.1 Å². The lowest BCUT2D eigenvalue weighted by Crippen LogP contribution is -2.08. The van der Waals surface area contributed by atoms with E-state index in [1.165, 1.54) is 6.07 Å². The van der Waals surface area contributed by atoms with Gasteiger partial charge in [0.1, 0.15) is 11.6 Å². The molecule has 1 atom stereocenters. The minimum Gasteiger partial charge on any atom is -0.377 e. The van der Waals surface area contributed by atoms with Gasteiger partial charge in [-0.25, -0.2) is 8.78 Å². The predicted octanol–water partition coefficient (Wildman–Crippen LogP) is 4.98. The summed E-state index contributed by atoms with van der Waals surface area (Å²) in [6.07, 6.45) is 0.506. The topological polar surface area (TPSA) is 12.0 Å². The lowest BCUT2D eigenvalue weighted by atomic mass is 10.0. The fourth-order valence-electron chi connectivity index (χ4n) is 2.35. The number of nitrogens with one attached hydrogen (secondary N) is 1. The molecule has 0 saturated heterocycles. The maximum atomic E-state index is 13.8. The highest BCUT2D eigenvalue weighted by atomic mass is 35.5. The normalized spacial score (nSPS) is 17.2. The first-order valence-corrected chi connectivity index (χ1v) is 6.49. The van der Waals surface area contributed by atoms with Crippen LogP contribution in [0.4, 0.5) is 14.5 Å². The van der Waals surface area contributed by atoms with Crippen LogP contribution in [0.3, 0.4) is 0 Å². The van der Waals surface area contributed by atoms with Crippen molar-refractivity contribution in [3.8, 4) is 0 Å². The summed E-state index contributed by atoms with van der Waals surface area (Å²) in [7, 11) is 0. The van der Waals surface area contributed by atoms with Crippen molar-refractivity contribution in [2.24, 2.45) is 0 Å². The number of hydrogen-bond acceptors (Lipinski definition) is 1. The largest absolute Gasteiger partial charge is 0.377 e. The third-order valence-corrected chi connectivity index (χ3v) is 3.79. The molecule has 1 aliphatic heterocycles. The first kappa shape index (κ1) is 12.7. The maximum absolute atomic E-state index is 13.8. The molecule has 0 aromatic heterocycles. The number of hydrogen-bond donors (Lipinski definition) is 1. The molecule has 1 unspecified atom stereocenters. The van der Waals surface area contributed by atoms with Crippen LogP contribution >= 0.6 is 23.2 Å². The Kier molecular flexibility index (Phi) is 3.11. The second kappa shape index (κ2) is 4.66. The van der Waals surface area contributed by atoms with Crippen molar-refractivity contribution in [2.75, 3.05) is 5.32 Å². The van der Waals surface area contributed by atoms with E-state index in [0.717, 1.165) is 23.4 Å². The summed E-state index contributed by atoms with van der Waals surface area (Å²) in [6, 6.07) is 6.48. The van der Waals surface area contributed by atoms with Crippen LogP contribution in [0.2, 0.25) is 10.0 Å². The van der Waals surface area contributed by atoms with E-state index in [1.54, 1.807) is 12.1 Å². The molecule has 19 heavy (non-hydrogen) atoms. The van der Waals surface area contributed by atoms with E-state index in [4.69, 9.17) is 23.2 Å². The molecular weight excluding hydrogens is 291 g/mol. The van der Waals surface area contributed by atoms with Gasteiger partial charge in [-0.2, -0.15) is 0 Å². The SMILES string of the molecule is Fc1ccc(F)c(C2Cc3c(Cl)cc(Cl)cc3N2)c1. The smallest absolute Gasteiger partial charge is 0.128 e. The second-order valence-electron chi connectivity index (χ2n) is 4.48. The van der Waals surface area contributed by atoms with Crippen molar-refractivity contribution < 1.29 is 8.78 Å². The number of benzene rings is 2. The third kappa shape index (κ3) is 2.28. The molecule has 0 fully saturated rings. The van der Waals surface area contributed by atoms with E-state index < -0.39 is 11.6 Å². The molecule has 0 bridgehead atoms. The summed E-state index contributed by atoms with van der Waals surface area (Å²) in [5.41, 5.74) is 1.94. The summed E-state index contributed by atoms with van der Waals surface area (Å²) in [5.74, 6) is -0.896. The Morgan fingerprint density at radius 1 is 1.11 bits per heavy atom. The van der Waals surface area contributed by atoms with Gasteiger partial charge in [0.05, 0.1) is 6.04 Å². The van der Waals surface area contributed by atoms with Crippen molar-refractivity contribution in [1.29, 1.82) is 0 Å². The molecule has 3 rings (SSSR count). The minimum absolute atomic E-state index is 0.295. The lowest BCUT2D eigenvalue weighted by molar-refractivity contribution is 0.573. The summed E-state index contributed by atoms with van der Waals surface area (Å²) in [5, 5.41) is 4.17. The lowest BCUT2D eigenvalue weighted by Gasteiger charge is -2.12. The predicted molar refractivity (Wildman–Crippen MR) is 72.9 cm³/mol. The van der Waals surface area contributed by atoms with Crippen LogP contribution in [0.1, 0.15) is 17.2 Å². The van der Waals surface area contributed by atoms with Crippen LogP contribution in [-0.4, -0.2) is 0 Å². The Morgan fingerprint density at radius 3 is 2.68 bits per heavy atom. The van der Waals surface area contributed by atoms with E-state index in [1.807, 2.05) is 0 Å². The average molecular weight is 300 g/mol. The van der Waals surface area contributed by atoms with E-state index >= 15 is 0 Å². The third-order valence-electron chi connectivity index (χ3n) is 3.23. The van der Waals surface area contributed by atoms with Crippen LogP contribution in [0, 0.1) is 11.6 Å². The van der Waals surface area contributed by atoms with E-state index in [2.05, 4.69) is 5.32 Å². The van der Waals surface area contributed by atoms with Crippen molar-refractivity contribution in [2.45, 2.75) is 12.5 Å². The molecule has 1 N–H and O–H groups in total. The quantitative estimate of drug-likeness (QED) is 0.783. The van der Waals surface area contributed by atoms with Gasteiger partial charge in [-0.15, -0.1) is 0 Å². The van der Waals surface area contributed by atoms with E-state index in [9.17, 15) is 8.78 Å². The molecule has 1 heterocycles. The van der Waals surface area contributed by atoms with Gasteiger partial charge in [0.25, 0.3) is 0 Å². The molecule has 98 valence electrons. The van der Waals surface area contributed by atoms with Gasteiger partial charge >= 0.3 is 0 Å². The van der Waals surface area contributed by atoms with Gasteiger partial charge in [0.2, 0.25) is 0 Å². The maximum Gasteiger partial charge on any atom is 0.128 e. The van der Waals surface area contributed by atoms with Gasteiger partial charge in [0, 0.05) is 27.7 Å². The molecule has 0 aliphatic carbocycles. The van der Waals surface area contributed by atoms with Crippen LogP contribution in [-0.2, 0) is 6.42 Å². The van der Waals surface area contributed by atoms with E-state index in [-0.39, 0.29) is 6.04 Å². The molecule has 0 amide bonds. The number of anilines is 1. The summed E-state index contributed by atoms with van der Waals surface area (Å²) in [4.78, 5) is 0. The van der Waals surface area contributed by atoms with Crippen molar-refractivity contribution >= 4 is 28.9 Å². The molecule has 2 aromatic carbocycles. The Morgan fingerprint density at radius 2 is 1.89 bits per heavy atom. The fraction of sp³-hybridized carbons (Fsp3) is 0.143. The van der Waals surface area contributed by atoms with Crippen LogP contribution in [0.25, 0.3) is 0 Å². The summed E-state index contributed by atoms with van der Waals surface area (Å²) >= 11 is 12.0. The van der Waals surface area contributed by atoms with Gasteiger partial charge in [-0.1, -0.05) is 23.2 Å². The van der Waals surface area contributed by atoms with Crippen LogP contribution in [0.5, 0.6) is 0 Å². The Balaban J connectivity index is 2.00. The zero-order valence-electron chi connectivity index (χ0n) is 9.68. The zero-order chi connectivity index (χ0) is 13.6. The van der Waals surface area contributed by atoms with Gasteiger partial charge in [-0.3, -0.25) is 0 Å². The minimum atomic E-state index is -0.460. The number of rotatable bonds is 1. The zero-order valence-corrected chi connectivity index (χ0v) is 11.2. The van der Waals surface area contributed by atoms with Gasteiger partial charge in [-0.05, 0) is 35.9 Å². The Labute approximate surface area is 119 Å². The first-order valence-electron chi connectivity index (χ1n) is 5.74. The first-order chi connectivity index (χ1) is 9.04.